The minimum Gasteiger partial charge on any atom is -0.0654 e. The summed E-state index contributed by atoms with van der Waals surface area (Å²) in [5.41, 5.74) is 1.46. The molecule has 0 aromatic heterocycles. The minimum absolute atomic E-state index is 0.659. The molecule has 1 aromatic rings. The molecule has 0 heteroatoms. The predicted molar refractivity (Wildman–Crippen MR) is 58.7 cm³/mol. The molecule has 0 aliphatic rings. The SMILES string of the molecule is CCCC([C](C)C)c1ccccc1. The molecule has 1 radical (unpaired) electrons. The van der Waals surface area contributed by atoms with E-state index >= 15 is 0 Å². The first kappa shape index (κ1) is 10.3. The molecule has 0 aliphatic carbocycles. The Morgan fingerprint density at radius 2 is 1.77 bits per heavy atom. The van der Waals surface area contributed by atoms with E-state index in [9.17, 15) is 0 Å². The summed E-state index contributed by atoms with van der Waals surface area (Å²) in [4.78, 5) is 0. The molecule has 1 aromatic carbocycles. The lowest BCUT2D eigenvalue weighted by molar-refractivity contribution is 0.627. The quantitative estimate of drug-likeness (QED) is 0.644. The van der Waals surface area contributed by atoms with Crippen LogP contribution in [0.5, 0.6) is 0 Å². The van der Waals surface area contributed by atoms with E-state index in [-0.39, 0.29) is 0 Å². The van der Waals surface area contributed by atoms with Crippen molar-refractivity contribution in [1.82, 2.24) is 0 Å². The summed E-state index contributed by atoms with van der Waals surface area (Å²) < 4.78 is 0. The van der Waals surface area contributed by atoms with Gasteiger partial charge in [-0.25, -0.2) is 0 Å². The monoisotopic (exact) mass is 175 g/mol. The number of benzene rings is 1. The van der Waals surface area contributed by atoms with Crippen molar-refractivity contribution < 1.29 is 0 Å². The van der Waals surface area contributed by atoms with Gasteiger partial charge in [0.25, 0.3) is 0 Å². The highest BCUT2D eigenvalue weighted by Gasteiger charge is 2.14. The van der Waals surface area contributed by atoms with Crippen LogP contribution in [-0.4, -0.2) is 0 Å². The standard InChI is InChI=1S/C13H19/c1-4-8-13(11(2)3)12-9-6-5-7-10-12/h5-7,9-10,13H,4,8H2,1-3H3. The molecule has 0 N–H and O–H groups in total. The molecular weight excluding hydrogens is 156 g/mol. The Labute approximate surface area is 82.0 Å². The van der Waals surface area contributed by atoms with Crippen LogP contribution in [0.2, 0.25) is 0 Å². The maximum absolute atomic E-state index is 2.25. The van der Waals surface area contributed by atoms with Gasteiger partial charge in [-0.15, -0.1) is 0 Å². The second-order valence-corrected chi connectivity index (χ2v) is 3.83. The largest absolute Gasteiger partial charge is 0.0654 e. The molecule has 1 atom stereocenters. The first-order valence-corrected chi connectivity index (χ1v) is 5.10. The van der Waals surface area contributed by atoms with Gasteiger partial charge in [0.2, 0.25) is 0 Å². The van der Waals surface area contributed by atoms with Gasteiger partial charge >= 0.3 is 0 Å². The van der Waals surface area contributed by atoms with Crippen LogP contribution in [0.15, 0.2) is 30.3 Å². The number of hydrogen-bond acceptors (Lipinski definition) is 0. The van der Waals surface area contributed by atoms with E-state index in [2.05, 4.69) is 51.1 Å². The van der Waals surface area contributed by atoms with E-state index in [0.29, 0.717) is 5.92 Å². The van der Waals surface area contributed by atoms with Gasteiger partial charge in [0.15, 0.2) is 0 Å². The first-order valence-electron chi connectivity index (χ1n) is 5.10. The van der Waals surface area contributed by atoms with Gasteiger partial charge in [-0.1, -0.05) is 57.5 Å². The van der Waals surface area contributed by atoms with Crippen molar-refractivity contribution in [2.24, 2.45) is 0 Å². The van der Waals surface area contributed by atoms with Crippen molar-refractivity contribution in [3.05, 3.63) is 41.8 Å². The lowest BCUT2D eigenvalue weighted by atomic mass is 9.85. The molecule has 0 saturated carbocycles. The first-order chi connectivity index (χ1) is 6.25. The second kappa shape index (κ2) is 5.06. The summed E-state index contributed by atoms with van der Waals surface area (Å²) in [6, 6.07) is 10.8. The van der Waals surface area contributed by atoms with Gasteiger partial charge in [-0.2, -0.15) is 0 Å². The van der Waals surface area contributed by atoms with E-state index in [0.717, 1.165) is 0 Å². The summed E-state index contributed by atoms with van der Waals surface area (Å²) in [5.74, 6) is 2.18. The number of rotatable bonds is 4. The fourth-order valence-corrected chi connectivity index (χ4v) is 1.76. The van der Waals surface area contributed by atoms with E-state index in [1.54, 1.807) is 0 Å². The Balaban J connectivity index is 2.76. The van der Waals surface area contributed by atoms with Crippen molar-refractivity contribution >= 4 is 0 Å². The third-order valence-electron chi connectivity index (χ3n) is 2.48. The molecule has 0 fully saturated rings. The highest BCUT2D eigenvalue weighted by atomic mass is 14.2. The van der Waals surface area contributed by atoms with Crippen molar-refractivity contribution in [2.45, 2.75) is 39.5 Å². The molecular formula is C13H19. The van der Waals surface area contributed by atoms with Crippen LogP contribution < -0.4 is 0 Å². The van der Waals surface area contributed by atoms with Gasteiger partial charge < -0.3 is 0 Å². The van der Waals surface area contributed by atoms with Crippen LogP contribution in [0.25, 0.3) is 0 Å². The summed E-state index contributed by atoms with van der Waals surface area (Å²) in [6.45, 7) is 6.71. The van der Waals surface area contributed by atoms with Crippen molar-refractivity contribution in [3.8, 4) is 0 Å². The fourth-order valence-electron chi connectivity index (χ4n) is 1.76. The molecule has 1 unspecified atom stereocenters. The van der Waals surface area contributed by atoms with Gasteiger partial charge in [0, 0.05) is 0 Å². The number of hydrogen-bond donors (Lipinski definition) is 0. The summed E-state index contributed by atoms with van der Waals surface area (Å²) >= 11 is 0. The van der Waals surface area contributed by atoms with Crippen LogP contribution >= 0.6 is 0 Å². The van der Waals surface area contributed by atoms with Gasteiger partial charge in [-0.05, 0) is 23.8 Å². The van der Waals surface area contributed by atoms with Crippen molar-refractivity contribution in [3.63, 3.8) is 0 Å². The van der Waals surface area contributed by atoms with Crippen LogP contribution in [0, 0.1) is 5.92 Å². The maximum Gasteiger partial charge on any atom is -0.0105 e. The molecule has 0 aliphatic heterocycles. The third-order valence-corrected chi connectivity index (χ3v) is 2.48. The zero-order chi connectivity index (χ0) is 9.68. The molecule has 0 spiro atoms. The maximum atomic E-state index is 2.25. The van der Waals surface area contributed by atoms with Crippen molar-refractivity contribution in [1.29, 1.82) is 0 Å². The van der Waals surface area contributed by atoms with E-state index in [1.807, 2.05) is 0 Å². The molecule has 0 nitrogen and oxygen atoms in total. The van der Waals surface area contributed by atoms with Crippen LogP contribution in [0.3, 0.4) is 0 Å². The highest BCUT2D eigenvalue weighted by molar-refractivity contribution is 5.24. The fraction of sp³-hybridized carbons (Fsp3) is 0.462. The minimum atomic E-state index is 0.659. The van der Waals surface area contributed by atoms with E-state index < -0.39 is 0 Å². The zero-order valence-corrected chi connectivity index (χ0v) is 8.88. The van der Waals surface area contributed by atoms with Crippen LogP contribution in [0.4, 0.5) is 0 Å². The Bertz CT molecular complexity index is 223. The molecule has 0 amide bonds. The lowest BCUT2D eigenvalue weighted by Crippen LogP contribution is -2.04. The van der Waals surface area contributed by atoms with Crippen molar-refractivity contribution in [2.75, 3.05) is 0 Å². The third kappa shape index (κ3) is 2.87. The van der Waals surface area contributed by atoms with Gasteiger partial charge in [0.1, 0.15) is 0 Å². The Kier molecular flexibility index (Phi) is 4.01. The lowest BCUT2D eigenvalue weighted by Gasteiger charge is -2.19. The average molecular weight is 175 g/mol. The Morgan fingerprint density at radius 1 is 1.15 bits per heavy atom. The smallest absolute Gasteiger partial charge is 0.0105 e. The summed E-state index contributed by atoms with van der Waals surface area (Å²) in [7, 11) is 0. The molecule has 1 rings (SSSR count). The molecule has 0 bridgehead atoms. The Morgan fingerprint density at radius 3 is 2.23 bits per heavy atom. The Hall–Kier alpha value is -0.780. The summed E-state index contributed by atoms with van der Waals surface area (Å²) in [6.07, 6.45) is 2.52. The molecule has 13 heavy (non-hydrogen) atoms. The van der Waals surface area contributed by atoms with Gasteiger partial charge in [0.05, 0.1) is 0 Å². The van der Waals surface area contributed by atoms with E-state index in [4.69, 9.17) is 0 Å². The molecule has 71 valence electrons. The van der Waals surface area contributed by atoms with E-state index in [1.165, 1.54) is 24.3 Å². The van der Waals surface area contributed by atoms with Gasteiger partial charge in [-0.3, -0.25) is 0 Å². The van der Waals surface area contributed by atoms with Crippen LogP contribution in [-0.2, 0) is 0 Å². The topological polar surface area (TPSA) is 0 Å². The molecule has 0 heterocycles. The predicted octanol–water partition coefficient (Wildman–Crippen LogP) is 4.18. The normalized spacial score (nSPS) is 13.2. The average Bonchev–Trinajstić information content (AvgIpc) is 2.15. The van der Waals surface area contributed by atoms with Crippen LogP contribution in [0.1, 0.15) is 45.1 Å². The zero-order valence-electron chi connectivity index (χ0n) is 8.88. The summed E-state index contributed by atoms with van der Waals surface area (Å²) in [5, 5.41) is 0. The highest BCUT2D eigenvalue weighted by Crippen LogP contribution is 2.29. The second-order valence-electron chi connectivity index (χ2n) is 3.83. The molecule has 0 saturated heterocycles.